The van der Waals surface area contributed by atoms with E-state index in [-0.39, 0.29) is 5.95 Å². The lowest BCUT2D eigenvalue weighted by atomic mass is 10.2. The second kappa shape index (κ2) is 8.55. The van der Waals surface area contributed by atoms with Crippen molar-refractivity contribution in [1.82, 2.24) is 19.9 Å². The number of thiophene rings is 1. The summed E-state index contributed by atoms with van der Waals surface area (Å²) in [6, 6.07) is 12.1. The van der Waals surface area contributed by atoms with E-state index in [2.05, 4.69) is 49.3 Å². The Morgan fingerprint density at radius 1 is 1.15 bits per heavy atom. The number of nitrogen functional groups attached to an aromatic ring is 1. The van der Waals surface area contributed by atoms with E-state index in [9.17, 15) is 0 Å². The van der Waals surface area contributed by atoms with Crippen LogP contribution in [0.1, 0.15) is 16.3 Å². The van der Waals surface area contributed by atoms with E-state index in [1.165, 1.54) is 4.88 Å². The van der Waals surface area contributed by atoms with Gasteiger partial charge in [-0.1, -0.05) is 30.3 Å². The fourth-order valence-electron chi connectivity index (χ4n) is 2.59. The van der Waals surface area contributed by atoms with Crippen molar-refractivity contribution in [2.24, 2.45) is 0 Å². The standard InChI is InChI=1S/C19H22N6S/c1-3-10-25(12-15-8-6-11-26-15)13-17-22-18(20)24-19(23-17)21-16-9-5-4-7-14(16)2/h3-9,11H,1,10,12-13H2,2H3,(H3,20,21,22,23,24). The molecule has 2 aromatic heterocycles. The summed E-state index contributed by atoms with van der Waals surface area (Å²) in [6.07, 6.45) is 1.88. The van der Waals surface area contributed by atoms with E-state index in [0.29, 0.717) is 18.3 Å². The maximum atomic E-state index is 5.90. The second-order valence-electron chi connectivity index (χ2n) is 5.91. The summed E-state index contributed by atoms with van der Waals surface area (Å²) in [5.74, 6) is 1.30. The molecule has 0 aliphatic carbocycles. The molecule has 0 aliphatic heterocycles. The third-order valence-electron chi connectivity index (χ3n) is 3.80. The first kappa shape index (κ1) is 18.0. The lowest BCUT2D eigenvalue weighted by molar-refractivity contribution is 0.281. The number of para-hydroxylation sites is 1. The Morgan fingerprint density at radius 3 is 2.73 bits per heavy atom. The van der Waals surface area contributed by atoms with Crippen molar-refractivity contribution >= 4 is 28.9 Å². The van der Waals surface area contributed by atoms with Crippen LogP contribution in [-0.4, -0.2) is 26.4 Å². The molecule has 0 atom stereocenters. The highest BCUT2D eigenvalue weighted by atomic mass is 32.1. The second-order valence-corrected chi connectivity index (χ2v) is 6.94. The number of nitrogens with two attached hydrogens (primary N) is 1. The topological polar surface area (TPSA) is 80.0 Å². The van der Waals surface area contributed by atoms with Crippen LogP contribution in [0.25, 0.3) is 0 Å². The Bertz CT molecular complexity index is 862. The van der Waals surface area contributed by atoms with Crippen LogP contribution >= 0.6 is 11.3 Å². The van der Waals surface area contributed by atoms with Gasteiger partial charge in [0.05, 0.1) is 6.54 Å². The van der Waals surface area contributed by atoms with Crippen molar-refractivity contribution in [3.05, 3.63) is 70.7 Å². The Labute approximate surface area is 157 Å². The molecule has 0 saturated carbocycles. The molecule has 3 aromatic rings. The largest absolute Gasteiger partial charge is 0.368 e. The molecule has 0 radical (unpaired) electrons. The van der Waals surface area contributed by atoms with Gasteiger partial charge in [-0.15, -0.1) is 17.9 Å². The number of anilines is 3. The molecule has 0 fully saturated rings. The highest BCUT2D eigenvalue weighted by molar-refractivity contribution is 7.09. The maximum Gasteiger partial charge on any atom is 0.232 e. The van der Waals surface area contributed by atoms with Crippen molar-refractivity contribution in [2.75, 3.05) is 17.6 Å². The summed E-state index contributed by atoms with van der Waals surface area (Å²) in [5, 5.41) is 5.30. The molecular weight excluding hydrogens is 344 g/mol. The Balaban J connectivity index is 1.77. The third kappa shape index (κ3) is 4.87. The van der Waals surface area contributed by atoms with Crippen LogP contribution in [0.15, 0.2) is 54.4 Å². The van der Waals surface area contributed by atoms with Gasteiger partial charge in [-0.25, -0.2) is 0 Å². The van der Waals surface area contributed by atoms with Gasteiger partial charge in [-0.3, -0.25) is 4.90 Å². The number of aromatic nitrogens is 3. The van der Waals surface area contributed by atoms with Crippen LogP contribution in [0.4, 0.5) is 17.6 Å². The van der Waals surface area contributed by atoms with Crippen molar-refractivity contribution in [3.63, 3.8) is 0 Å². The van der Waals surface area contributed by atoms with Crippen molar-refractivity contribution in [1.29, 1.82) is 0 Å². The first-order chi connectivity index (χ1) is 12.6. The molecule has 3 rings (SSSR count). The molecule has 0 unspecified atom stereocenters. The van der Waals surface area contributed by atoms with Gasteiger partial charge in [0, 0.05) is 23.7 Å². The van der Waals surface area contributed by atoms with Gasteiger partial charge in [0.15, 0.2) is 0 Å². The van der Waals surface area contributed by atoms with Gasteiger partial charge in [-0.2, -0.15) is 15.0 Å². The van der Waals surface area contributed by atoms with Crippen LogP contribution in [0.2, 0.25) is 0 Å². The minimum absolute atomic E-state index is 0.209. The minimum atomic E-state index is 0.209. The van der Waals surface area contributed by atoms with E-state index in [4.69, 9.17) is 5.73 Å². The smallest absolute Gasteiger partial charge is 0.232 e. The third-order valence-corrected chi connectivity index (χ3v) is 4.66. The van der Waals surface area contributed by atoms with Gasteiger partial charge in [0.25, 0.3) is 0 Å². The number of hydrogen-bond acceptors (Lipinski definition) is 7. The van der Waals surface area contributed by atoms with Gasteiger partial charge in [0.2, 0.25) is 11.9 Å². The predicted molar refractivity (Wildman–Crippen MR) is 107 cm³/mol. The highest BCUT2D eigenvalue weighted by Crippen LogP contribution is 2.18. The Kier molecular flexibility index (Phi) is 5.93. The van der Waals surface area contributed by atoms with Crippen molar-refractivity contribution < 1.29 is 0 Å². The number of hydrogen-bond donors (Lipinski definition) is 2. The number of benzene rings is 1. The van der Waals surface area contributed by atoms with Gasteiger partial charge >= 0.3 is 0 Å². The normalized spacial score (nSPS) is 10.8. The van der Waals surface area contributed by atoms with Crippen LogP contribution < -0.4 is 11.1 Å². The predicted octanol–water partition coefficient (Wildman–Crippen LogP) is 3.76. The van der Waals surface area contributed by atoms with Gasteiger partial charge in [-0.05, 0) is 30.0 Å². The molecule has 2 heterocycles. The molecule has 134 valence electrons. The lowest BCUT2D eigenvalue weighted by Crippen LogP contribution is -2.24. The minimum Gasteiger partial charge on any atom is -0.368 e. The summed E-state index contributed by atoms with van der Waals surface area (Å²) >= 11 is 1.73. The van der Waals surface area contributed by atoms with Gasteiger partial charge < -0.3 is 11.1 Å². The molecule has 7 heteroatoms. The molecule has 0 amide bonds. The Morgan fingerprint density at radius 2 is 2.00 bits per heavy atom. The molecule has 0 spiro atoms. The zero-order chi connectivity index (χ0) is 18.4. The fourth-order valence-corrected chi connectivity index (χ4v) is 3.33. The van der Waals surface area contributed by atoms with Crippen LogP contribution in [-0.2, 0) is 13.1 Å². The van der Waals surface area contributed by atoms with Gasteiger partial charge in [0.1, 0.15) is 5.82 Å². The van der Waals surface area contributed by atoms with Crippen molar-refractivity contribution in [3.8, 4) is 0 Å². The van der Waals surface area contributed by atoms with E-state index in [1.807, 2.05) is 37.3 Å². The van der Waals surface area contributed by atoms with E-state index in [0.717, 1.165) is 24.3 Å². The molecular formula is C19H22N6S. The first-order valence-corrected chi connectivity index (χ1v) is 9.20. The molecule has 0 aliphatic rings. The van der Waals surface area contributed by atoms with Crippen LogP contribution in [0, 0.1) is 6.92 Å². The molecule has 26 heavy (non-hydrogen) atoms. The molecule has 6 nitrogen and oxygen atoms in total. The van der Waals surface area contributed by atoms with Crippen LogP contribution in [0.5, 0.6) is 0 Å². The lowest BCUT2D eigenvalue weighted by Gasteiger charge is -2.19. The fraction of sp³-hybridized carbons (Fsp3) is 0.211. The van der Waals surface area contributed by atoms with Crippen molar-refractivity contribution in [2.45, 2.75) is 20.0 Å². The zero-order valence-electron chi connectivity index (χ0n) is 14.7. The van der Waals surface area contributed by atoms with Crippen LogP contribution in [0.3, 0.4) is 0 Å². The molecule has 1 aromatic carbocycles. The summed E-state index contributed by atoms with van der Waals surface area (Å²) in [4.78, 5) is 16.5. The summed E-state index contributed by atoms with van der Waals surface area (Å²) in [5.41, 5.74) is 7.96. The average molecular weight is 366 g/mol. The molecule has 0 bridgehead atoms. The SMILES string of the molecule is C=CCN(Cc1nc(N)nc(Nc2ccccc2C)n1)Cc1cccs1. The summed E-state index contributed by atoms with van der Waals surface area (Å²) in [7, 11) is 0. The van der Waals surface area contributed by atoms with E-state index in [1.54, 1.807) is 11.3 Å². The van der Waals surface area contributed by atoms with E-state index >= 15 is 0 Å². The van der Waals surface area contributed by atoms with E-state index < -0.39 is 0 Å². The number of nitrogens with one attached hydrogen (secondary N) is 1. The monoisotopic (exact) mass is 366 g/mol. The Hall–Kier alpha value is -2.77. The molecule has 0 saturated heterocycles. The zero-order valence-corrected chi connectivity index (χ0v) is 15.5. The average Bonchev–Trinajstić information content (AvgIpc) is 3.10. The quantitative estimate of drug-likeness (QED) is 0.591. The molecule has 3 N–H and O–H groups in total. The summed E-state index contributed by atoms with van der Waals surface area (Å²) < 4.78 is 0. The highest BCUT2D eigenvalue weighted by Gasteiger charge is 2.11. The summed E-state index contributed by atoms with van der Waals surface area (Å²) in [6.45, 7) is 8.00. The number of aryl methyl sites for hydroxylation is 1. The number of rotatable bonds is 8. The number of nitrogens with zero attached hydrogens (tertiary/aromatic N) is 4. The maximum absolute atomic E-state index is 5.90. The first-order valence-electron chi connectivity index (χ1n) is 8.33.